The number of anilines is 2. The standard InChI is InChI=1S/C15H13BrF3N3O/c1-8-11(15(17,18)19)3-2-4-13(8)22(21)14(23)10-7-9(16)5-6-12(10)20/h2-7H,20-21H2,1H3. The lowest BCUT2D eigenvalue weighted by molar-refractivity contribution is -0.138. The van der Waals surface area contributed by atoms with Crippen LogP contribution >= 0.6 is 15.9 Å². The van der Waals surface area contributed by atoms with E-state index in [1.54, 1.807) is 6.07 Å². The Balaban J connectivity index is 2.47. The second-order valence-corrected chi connectivity index (χ2v) is 5.77. The monoisotopic (exact) mass is 387 g/mol. The molecule has 2 rings (SSSR count). The maximum Gasteiger partial charge on any atom is 0.416 e. The first kappa shape index (κ1) is 17.3. The third kappa shape index (κ3) is 3.48. The normalized spacial score (nSPS) is 11.4. The predicted molar refractivity (Wildman–Crippen MR) is 85.7 cm³/mol. The van der Waals surface area contributed by atoms with Gasteiger partial charge in [0.05, 0.1) is 16.8 Å². The first-order chi connectivity index (χ1) is 10.6. The Kier molecular flexibility index (Phi) is 4.67. The van der Waals surface area contributed by atoms with Crippen LogP contribution in [0.4, 0.5) is 24.5 Å². The molecule has 0 radical (unpaired) electrons. The molecule has 23 heavy (non-hydrogen) atoms. The van der Waals surface area contributed by atoms with Crippen molar-refractivity contribution < 1.29 is 18.0 Å². The van der Waals surface area contributed by atoms with E-state index in [-0.39, 0.29) is 22.5 Å². The molecule has 0 atom stereocenters. The predicted octanol–water partition coefficient (Wildman–Crippen LogP) is 3.88. The zero-order valence-electron chi connectivity index (χ0n) is 12.0. The van der Waals surface area contributed by atoms with Crippen molar-refractivity contribution in [3.05, 3.63) is 57.6 Å². The number of hydrogen-bond donors (Lipinski definition) is 2. The molecule has 0 fully saturated rings. The molecule has 0 unspecified atom stereocenters. The zero-order chi connectivity index (χ0) is 17.4. The summed E-state index contributed by atoms with van der Waals surface area (Å²) in [4.78, 5) is 12.5. The van der Waals surface area contributed by atoms with Crippen molar-refractivity contribution in [2.75, 3.05) is 10.7 Å². The maximum absolute atomic E-state index is 13.0. The van der Waals surface area contributed by atoms with Crippen LogP contribution in [0.25, 0.3) is 0 Å². The van der Waals surface area contributed by atoms with Crippen molar-refractivity contribution in [1.29, 1.82) is 0 Å². The highest BCUT2D eigenvalue weighted by atomic mass is 79.9. The van der Waals surface area contributed by atoms with Gasteiger partial charge in [-0.05, 0) is 42.8 Å². The van der Waals surface area contributed by atoms with Crippen molar-refractivity contribution in [3.63, 3.8) is 0 Å². The van der Waals surface area contributed by atoms with Gasteiger partial charge in [0.2, 0.25) is 0 Å². The second kappa shape index (κ2) is 6.21. The van der Waals surface area contributed by atoms with Crippen LogP contribution in [0.2, 0.25) is 0 Å². The van der Waals surface area contributed by atoms with Crippen LogP contribution in [0.5, 0.6) is 0 Å². The molecular weight excluding hydrogens is 375 g/mol. The molecule has 0 saturated carbocycles. The van der Waals surface area contributed by atoms with Crippen LogP contribution in [-0.2, 0) is 6.18 Å². The smallest absolute Gasteiger partial charge is 0.398 e. The summed E-state index contributed by atoms with van der Waals surface area (Å²) in [6.45, 7) is 1.26. The van der Waals surface area contributed by atoms with Gasteiger partial charge >= 0.3 is 6.18 Å². The molecule has 4 N–H and O–H groups in total. The Bertz CT molecular complexity index is 762. The number of benzene rings is 2. The van der Waals surface area contributed by atoms with Crippen LogP contribution in [0.1, 0.15) is 21.5 Å². The second-order valence-electron chi connectivity index (χ2n) is 4.85. The Labute approximate surface area is 139 Å². The summed E-state index contributed by atoms with van der Waals surface area (Å²) in [5.41, 5.74) is 5.00. The van der Waals surface area contributed by atoms with Crippen LogP contribution < -0.4 is 16.6 Å². The summed E-state index contributed by atoms with van der Waals surface area (Å²) in [7, 11) is 0. The average Bonchev–Trinajstić information content (AvgIpc) is 2.47. The molecule has 2 aromatic carbocycles. The van der Waals surface area contributed by atoms with E-state index >= 15 is 0 Å². The molecule has 0 bridgehead atoms. The van der Waals surface area contributed by atoms with E-state index in [9.17, 15) is 18.0 Å². The van der Waals surface area contributed by atoms with Crippen LogP contribution in [-0.4, -0.2) is 5.91 Å². The number of nitrogens with two attached hydrogens (primary N) is 2. The number of alkyl halides is 3. The average molecular weight is 388 g/mol. The van der Waals surface area contributed by atoms with Gasteiger partial charge in [-0.25, -0.2) is 10.9 Å². The molecule has 122 valence electrons. The zero-order valence-corrected chi connectivity index (χ0v) is 13.6. The molecule has 0 aromatic heterocycles. The molecule has 0 aliphatic carbocycles. The molecule has 0 spiro atoms. The van der Waals surface area contributed by atoms with Crippen molar-refractivity contribution in [2.24, 2.45) is 5.84 Å². The number of halogens is 4. The summed E-state index contributed by atoms with van der Waals surface area (Å²) in [6.07, 6.45) is -4.53. The summed E-state index contributed by atoms with van der Waals surface area (Å²) in [6, 6.07) is 8.08. The lowest BCUT2D eigenvalue weighted by atomic mass is 10.1. The fourth-order valence-corrected chi connectivity index (χ4v) is 2.51. The number of amides is 1. The topological polar surface area (TPSA) is 72.3 Å². The molecular formula is C15H13BrF3N3O. The van der Waals surface area contributed by atoms with Crippen molar-refractivity contribution >= 4 is 33.2 Å². The van der Waals surface area contributed by atoms with E-state index in [2.05, 4.69) is 15.9 Å². The highest BCUT2D eigenvalue weighted by molar-refractivity contribution is 9.10. The van der Waals surface area contributed by atoms with Gasteiger partial charge in [-0.1, -0.05) is 22.0 Å². The summed E-state index contributed by atoms with van der Waals surface area (Å²) < 4.78 is 39.5. The highest BCUT2D eigenvalue weighted by Crippen LogP contribution is 2.35. The minimum absolute atomic E-state index is 0.0378. The van der Waals surface area contributed by atoms with Gasteiger partial charge in [-0.15, -0.1) is 0 Å². The molecule has 1 amide bonds. The Hall–Kier alpha value is -2.06. The molecule has 0 aliphatic heterocycles. The van der Waals surface area contributed by atoms with Gasteiger partial charge in [0, 0.05) is 10.2 Å². The number of nitrogen functional groups attached to an aromatic ring is 1. The fraction of sp³-hybridized carbons (Fsp3) is 0.133. The largest absolute Gasteiger partial charge is 0.416 e. The molecule has 4 nitrogen and oxygen atoms in total. The van der Waals surface area contributed by atoms with E-state index in [0.717, 1.165) is 6.07 Å². The van der Waals surface area contributed by atoms with Crippen molar-refractivity contribution in [2.45, 2.75) is 13.1 Å². The number of hydrazine groups is 1. The first-order valence-electron chi connectivity index (χ1n) is 6.44. The maximum atomic E-state index is 13.0. The van der Waals surface area contributed by atoms with E-state index in [1.807, 2.05) is 0 Å². The molecule has 0 saturated heterocycles. The summed E-state index contributed by atoms with van der Waals surface area (Å²) in [5.74, 6) is 5.05. The fourth-order valence-electron chi connectivity index (χ4n) is 2.14. The van der Waals surface area contributed by atoms with E-state index < -0.39 is 17.6 Å². The van der Waals surface area contributed by atoms with Gasteiger partial charge in [0.25, 0.3) is 5.91 Å². The number of nitrogens with zero attached hydrogens (tertiary/aromatic N) is 1. The minimum atomic E-state index is -4.53. The number of carbonyl (C=O) groups is 1. The SMILES string of the molecule is Cc1c(N(N)C(=O)c2cc(Br)ccc2N)cccc1C(F)(F)F. The van der Waals surface area contributed by atoms with Gasteiger partial charge in [0.1, 0.15) is 0 Å². The molecule has 2 aromatic rings. The molecule has 0 aliphatic rings. The van der Waals surface area contributed by atoms with Gasteiger partial charge in [-0.2, -0.15) is 13.2 Å². The van der Waals surface area contributed by atoms with E-state index in [4.69, 9.17) is 11.6 Å². The summed E-state index contributed by atoms with van der Waals surface area (Å²) >= 11 is 3.21. The third-order valence-electron chi connectivity index (χ3n) is 3.33. The lowest BCUT2D eigenvalue weighted by Crippen LogP contribution is -2.38. The number of carbonyl (C=O) groups excluding carboxylic acids is 1. The third-order valence-corrected chi connectivity index (χ3v) is 3.83. The first-order valence-corrected chi connectivity index (χ1v) is 7.23. The van der Waals surface area contributed by atoms with Crippen LogP contribution in [0, 0.1) is 6.92 Å². The summed E-state index contributed by atoms with van der Waals surface area (Å²) in [5, 5.41) is 0.669. The van der Waals surface area contributed by atoms with Gasteiger partial charge in [-0.3, -0.25) is 4.79 Å². The molecule has 8 heteroatoms. The van der Waals surface area contributed by atoms with Gasteiger partial charge < -0.3 is 5.73 Å². The quantitative estimate of drug-likeness (QED) is 0.355. The van der Waals surface area contributed by atoms with Crippen LogP contribution in [0.15, 0.2) is 40.9 Å². The van der Waals surface area contributed by atoms with Crippen molar-refractivity contribution in [1.82, 2.24) is 0 Å². The highest BCUT2D eigenvalue weighted by Gasteiger charge is 2.34. The van der Waals surface area contributed by atoms with Crippen LogP contribution in [0.3, 0.4) is 0 Å². The lowest BCUT2D eigenvalue weighted by Gasteiger charge is -2.22. The van der Waals surface area contributed by atoms with E-state index in [1.165, 1.54) is 31.2 Å². The van der Waals surface area contributed by atoms with Crippen molar-refractivity contribution in [3.8, 4) is 0 Å². The number of hydrogen-bond acceptors (Lipinski definition) is 3. The Morgan fingerprint density at radius 2 is 1.87 bits per heavy atom. The number of rotatable bonds is 2. The Morgan fingerprint density at radius 3 is 2.48 bits per heavy atom. The molecule has 0 heterocycles. The van der Waals surface area contributed by atoms with Gasteiger partial charge in [0.15, 0.2) is 0 Å². The minimum Gasteiger partial charge on any atom is -0.398 e. The van der Waals surface area contributed by atoms with E-state index in [0.29, 0.717) is 9.48 Å². The Morgan fingerprint density at radius 1 is 1.22 bits per heavy atom.